The predicted octanol–water partition coefficient (Wildman–Crippen LogP) is 3.33. The van der Waals surface area contributed by atoms with Crippen molar-refractivity contribution in [1.29, 1.82) is 5.26 Å². The maximum absolute atomic E-state index is 8.90. The first-order chi connectivity index (χ1) is 9.30. The van der Waals surface area contributed by atoms with E-state index in [0.29, 0.717) is 18.4 Å². The molecule has 2 bridgehead atoms. The van der Waals surface area contributed by atoms with Crippen LogP contribution >= 0.6 is 0 Å². The molecule has 0 heterocycles. The second-order valence-corrected chi connectivity index (χ2v) is 5.64. The number of hydrogen-bond donors (Lipinski definition) is 0. The molecule has 3 unspecified atom stereocenters. The van der Waals surface area contributed by atoms with Crippen LogP contribution in [0.4, 0.5) is 0 Å². The van der Waals surface area contributed by atoms with Crippen molar-refractivity contribution in [2.45, 2.75) is 38.2 Å². The molecule has 1 aromatic rings. The van der Waals surface area contributed by atoms with E-state index in [2.05, 4.69) is 6.07 Å². The highest BCUT2D eigenvalue weighted by atomic mass is 16.5. The zero-order valence-corrected chi connectivity index (χ0v) is 11.3. The summed E-state index contributed by atoms with van der Waals surface area (Å²) >= 11 is 0. The first kappa shape index (κ1) is 12.3. The van der Waals surface area contributed by atoms with E-state index in [1.807, 2.05) is 18.2 Å². The van der Waals surface area contributed by atoms with E-state index in [4.69, 9.17) is 14.7 Å². The Morgan fingerprint density at radius 2 is 2.21 bits per heavy atom. The SMILES string of the molecule is COc1ccc(CC#N)c(OC2CC3CCC2C3)c1. The number of nitrogens with zero attached hydrogens (tertiary/aromatic N) is 1. The van der Waals surface area contributed by atoms with Crippen molar-refractivity contribution in [3.8, 4) is 17.6 Å². The topological polar surface area (TPSA) is 42.2 Å². The molecule has 100 valence electrons. The summed E-state index contributed by atoms with van der Waals surface area (Å²) in [5.41, 5.74) is 0.964. The third kappa shape index (κ3) is 2.40. The van der Waals surface area contributed by atoms with Crippen LogP contribution in [0.15, 0.2) is 18.2 Å². The molecule has 3 atom stereocenters. The summed E-state index contributed by atoms with van der Waals surface area (Å²) in [5.74, 6) is 3.20. The summed E-state index contributed by atoms with van der Waals surface area (Å²) in [6, 6.07) is 7.94. The van der Waals surface area contributed by atoms with Crippen LogP contribution in [0.2, 0.25) is 0 Å². The zero-order chi connectivity index (χ0) is 13.2. The Morgan fingerprint density at radius 1 is 1.32 bits per heavy atom. The molecule has 2 aliphatic rings. The Hall–Kier alpha value is -1.69. The minimum Gasteiger partial charge on any atom is -0.497 e. The van der Waals surface area contributed by atoms with Gasteiger partial charge in [-0.05, 0) is 43.6 Å². The third-order valence-electron chi connectivity index (χ3n) is 4.50. The second-order valence-electron chi connectivity index (χ2n) is 5.64. The van der Waals surface area contributed by atoms with Gasteiger partial charge in [-0.15, -0.1) is 0 Å². The summed E-state index contributed by atoms with van der Waals surface area (Å²) in [7, 11) is 1.65. The van der Waals surface area contributed by atoms with Crippen LogP contribution in [0.5, 0.6) is 11.5 Å². The molecule has 0 saturated heterocycles. The fraction of sp³-hybridized carbons (Fsp3) is 0.562. The predicted molar refractivity (Wildman–Crippen MR) is 72.2 cm³/mol. The molecular weight excluding hydrogens is 238 g/mol. The molecule has 0 amide bonds. The van der Waals surface area contributed by atoms with Gasteiger partial charge in [-0.3, -0.25) is 0 Å². The Labute approximate surface area is 114 Å². The van der Waals surface area contributed by atoms with Crippen molar-refractivity contribution in [3.63, 3.8) is 0 Å². The quantitative estimate of drug-likeness (QED) is 0.830. The van der Waals surface area contributed by atoms with Gasteiger partial charge < -0.3 is 9.47 Å². The van der Waals surface area contributed by atoms with Crippen molar-refractivity contribution < 1.29 is 9.47 Å². The van der Waals surface area contributed by atoms with Gasteiger partial charge in [0.1, 0.15) is 17.6 Å². The minimum absolute atomic E-state index is 0.336. The van der Waals surface area contributed by atoms with Crippen LogP contribution in [-0.2, 0) is 6.42 Å². The standard InChI is InChI=1S/C16H19NO2/c1-18-14-5-4-12(6-7-17)16(10-14)19-15-9-11-2-3-13(15)8-11/h4-5,10-11,13,15H,2-3,6,8-9H2,1H3. The van der Waals surface area contributed by atoms with E-state index in [1.165, 1.54) is 25.7 Å². The average molecular weight is 257 g/mol. The first-order valence-corrected chi connectivity index (χ1v) is 7.00. The molecular formula is C16H19NO2. The highest BCUT2D eigenvalue weighted by Crippen LogP contribution is 2.46. The van der Waals surface area contributed by atoms with Crippen LogP contribution in [-0.4, -0.2) is 13.2 Å². The molecule has 0 radical (unpaired) electrons. The zero-order valence-electron chi connectivity index (χ0n) is 11.3. The van der Waals surface area contributed by atoms with E-state index in [-0.39, 0.29) is 0 Å². The van der Waals surface area contributed by atoms with E-state index >= 15 is 0 Å². The van der Waals surface area contributed by atoms with E-state index < -0.39 is 0 Å². The molecule has 3 rings (SSSR count). The fourth-order valence-electron chi connectivity index (χ4n) is 3.50. The molecule has 1 aromatic carbocycles. The van der Waals surface area contributed by atoms with E-state index in [9.17, 15) is 0 Å². The van der Waals surface area contributed by atoms with Gasteiger partial charge in [0.25, 0.3) is 0 Å². The summed E-state index contributed by atoms with van der Waals surface area (Å²) in [5, 5.41) is 8.90. The Bertz CT molecular complexity index is 506. The largest absolute Gasteiger partial charge is 0.497 e. The van der Waals surface area contributed by atoms with Crippen LogP contribution in [0, 0.1) is 23.2 Å². The fourth-order valence-corrected chi connectivity index (χ4v) is 3.50. The number of ether oxygens (including phenoxy) is 2. The van der Waals surface area contributed by atoms with Gasteiger partial charge in [0, 0.05) is 11.6 Å². The van der Waals surface area contributed by atoms with Crippen LogP contribution in [0.1, 0.15) is 31.2 Å². The molecule has 0 spiro atoms. The summed E-state index contributed by atoms with van der Waals surface area (Å²) < 4.78 is 11.5. The van der Waals surface area contributed by atoms with Crippen molar-refractivity contribution in [2.75, 3.05) is 7.11 Å². The molecule has 2 saturated carbocycles. The van der Waals surface area contributed by atoms with Crippen molar-refractivity contribution in [3.05, 3.63) is 23.8 Å². The van der Waals surface area contributed by atoms with Crippen LogP contribution in [0.25, 0.3) is 0 Å². The maximum atomic E-state index is 8.90. The van der Waals surface area contributed by atoms with Crippen molar-refractivity contribution >= 4 is 0 Å². The van der Waals surface area contributed by atoms with Gasteiger partial charge in [0.15, 0.2) is 0 Å². The van der Waals surface area contributed by atoms with Gasteiger partial charge in [-0.2, -0.15) is 5.26 Å². The number of benzene rings is 1. The number of fused-ring (bicyclic) bond motifs is 2. The Balaban J connectivity index is 1.80. The monoisotopic (exact) mass is 257 g/mol. The summed E-state index contributed by atoms with van der Waals surface area (Å²) in [4.78, 5) is 0. The molecule has 3 nitrogen and oxygen atoms in total. The van der Waals surface area contributed by atoms with Gasteiger partial charge in [-0.25, -0.2) is 0 Å². The Kier molecular flexibility index (Phi) is 3.33. The van der Waals surface area contributed by atoms with Crippen molar-refractivity contribution in [2.24, 2.45) is 11.8 Å². The van der Waals surface area contributed by atoms with Gasteiger partial charge in [0.05, 0.1) is 19.6 Å². The van der Waals surface area contributed by atoms with Gasteiger partial charge >= 0.3 is 0 Å². The molecule has 0 N–H and O–H groups in total. The molecule has 3 heteroatoms. The highest BCUT2D eigenvalue weighted by Gasteiger charge is 2.41. The molecule has 2 aliphatic carbocycles. The number of methoxy groups -OCH3 is 1. The lowest BCUT2D eigenvalue weighted by molar-refractivity contribution is 0.137. The van der Waals surface area contributed by atoms with Crippen LogP contribution < -0.4 is 9.47 Å². The lowest BCUT2D eigenvalue weighted by atomic mass is 9.97. The van der Waals surface area contributed by atoms with Crippen molar-refractivity contribution in [1.82, 2.24) is 0 Å². The van der Waals surface area contributed by atoms with E-state index in [1.54, 1.807) is 7.11 Å². The normalized spacial score (nSPS) is 28.1. The number of hydrogen-bond acceptors (Lipinski definition) is 3. The first-order valence-electron chi connectivity index (χ1n) is 7.00. The number of nitriles is 1. The second kappa shape index (κ2) is 5.13. The lowest BCUT2D eigenvalue weighted by Gasteiger charge is -2.24. The third-order valence-corrected chi connectivity index (χ3v) is 4.50. The smallest absolute Gasteiger partial charge is 0.127 e. The van der Waals surface area contributed by atoms with Gasteiger partial charge in [-0.1, -0.05) is 6.07 Å². The lowest BCUT2D eigenvalue weighted by Crippen LogP contribution is -2.23. The average Bonchev–Trinajstić information content (AvgIpc) is 3.03. The van der Waals surface area contributed by atoms with Crippen LogP contribution in [0.3, 0.4) is 0 Å². The summed E-state index contributed by atoms with van der Waals surface area (Å²) in [6.45, 7) is 0. The molecule has 0 aromatic heterocycles. The van der Waals surface area contributed by atoms with Gasteiger partial charge in [0.2, 0.25) is 0 Å². The molecule has 19 heavy (non-hydrogen) atoms. The maximum Gasteiger partial charge on any atom is 0.127 e. The van der Waals surface area contributed by atoms with E-state index in [0.717, 1.165) is 23.0 Å². The molecule has 0 aliphatic heterocycles. The summed E-state index contributed by atoms with van der Waals surface area (Å²) in [6.07, 6.45) is 5.89. The highest BCUT2D eigenvalue weighted by molar-refractivity contribution is 5.42. The Morgan fingerprint density at radius 3 is 2.84 bits per heavy atom. The molecule has 2 fully saturated rings. The number of rotatable bonds is 4. The minimum atomic E-state index is 0.336.